The molecule has 1 nitrogen and oxygen atoms in total. The third-order valence-electron chi connectivity index (χ3n) is 4.49. The molecule has 0 amide bonds. The van der Waals surface area contributed by atoms with Crippen molar-refractivity contribution < 1.29 is 0 Å². The largest absolute Gasteiger partial charge is 0.313 e. The lowest BCUT2D eigenvalue weighted by Gasteiger charge is -2.37. The average Bonchev–Trinajstić information content (AvgIpc) is 2.44. The third kappa shape index (κ3) is 5.61. The minimum Gasteiger partial charge on any atom is -0.313 e. The van der Waals surface area contributed by atoms with Crippen molar-refractivity contribution in [2.24, 2.45) is 17.8 Å². The Bertz CT molecular complexity index is 410. The van der Waals surface area contributed by atoms with Crippen LogP contribution in [0.1, 0.15) is 40.0 Å². The van der Waals surface area contributed by atoms with Gasteiger partial charge in [-0.05, 0) is 67.8 Å². The van der Waals surface area contributed by atoms with Gasteiger partial charge in [-0.15, -0.1) is 11.8 Å². The fraction of sp³-hybridized carbons (Fsp3) is 0.667. The summed E-state index contributed by atoms with van der Waals surface area (Å²) in [4.78, 5) is 1.37. The first-order valence-corrected chi connectivity index (χ1v) is 9.98. The zero-order valence-electron chi connectivity index (χ0n) is 13.4. The van der Waals surface area contributed by atoms with Crippen LogP contribution in [-0.2, 0) is 0 Å². The van der Waals surface area contributed by atoms with E-state index < -0.39 is 0 Å². The fourth-order valence-corrected chi connectivity index (χ4v) is 5.03. The van der Waals surface area contributed by atoms with E-state index in [1.54, 1.807) is 0 Å². The molecule has 3 unspecified atom stereocenters. The lowest BCUT2D eigenvalue weighted by Crippen LogP contribution is -2.41. The van der Waals surface area contributed by atoms with Crippen molar-refractivity contribution in [3.05, 3.63) is 28.7 Å². The van der Waals surface area contributed by atoms with E-state index in [0.29, 0.717) is 6.04 Å². The van der Waals surface area contributed by atoms with Crippen molar-refractivity contribution in [3.63, 3.8) is 0 Å². The second-order valence-corrected chi connectivity index (χ2v) is 8.62. The van der Waals surface area contributed by atoms with E-state index in [1.807, 2.05) is 11.8 Å². The van der Waals surface area contributed by atoms with Crippen LogP contribution >= 0.6 is 27.7 Å². The number of halogens is 1. The molecular formula is C18H28BrNS. The maximum atomic E-state index is 3.74. The summed E-state index contributed by atoms with van der Waals surface area (Å²) in [6, 6.07) is 9.34. The second-order valence-electron chi connectivity index (χ2n) is 6.61. The van der Waals surface area contributed by atoms with Gasteiger partial charge in [0.1, 0.15) is 0 Å². The van der Waals surface area contributed by atoms with Crippen LogP contribution < -0.4 is 5.32 Å². The molecule has 1 saturated carbocycles. The van der Waals surface area contributed by atoms with Crippen molar-refractivity contribution in [2.75, 3.05) is 12.3 Å². The van der Waals surface area contributed by atoms with Crippen LogP contribution in [-0.4, -0.2) is 18.3 Å². The molecule has 3 heteroatoms. The summed E-state index contributed by atoms with van der Waals surface area (Å²) in [5.74, 6) is 3.79. The maximum absolute atomic E-state index is 3.74. The highest BCUT2D eigenvalue weighted by atomic mass is 79.9. The standard InChI is InChI=1S/C18H28BrNS/c1-4-20-18(15-10-13(2)9-14(3)11-15)12-21-17-7-5-16(19)6-8-17/h5-8,13-15,18,20H,4,9-12H2,1-3H3. The van der Waals surface area contributed by atoms with Crippen molar-refractivity contribution in [1.29, 1.82) is 0 Å². The molecule has 0 spiro atoms. The molecular weight excluding hydrogens is 342 g/mol. The first-order valence-electron chi connectivity index (χ1n) is 8.20. The molecule has 118 valence electrons. The van der Waals surface area contributed by atoms with Crippen LogP contribution in [0.4, 0.5) is 0 Å². The Labute approximate surface area is 142 Å². The van der Waals surface area contributed by atoms with E-state index in [2.05, 4.69) is 66.3 Å². The van der Waals surface area contributed by atoms with Crippen molar-refractivity contribution in [2.45, 2.75) is 51.0 Å². The molecule has 0 radical (unpaired) electrons. The van der Waals surface area contributed by atoms with Crippen LogP contribution in [0.3, 0.4) is 0 Å². The van der Waals surface area contributed by atoms with E-state index in [1.165, 1.54) is 29.9 Å². The molecule has 0 aromatic heterocycles. The number of thioether (sulfide) groups is 1. The fourth-order valence-electron chi connectivity index (χ4n) is 3.68. The van der Waals surface area contributed by atoms with E-state index in [4.69, 9.17) is 0 Å². The van der Waals surface area contributed by atoms with Gasteiger partial charge < -0.3 is 5.32 Å². The Morgan fingerprint density at radius 3 is 2.33 bits per heavy atom. The van der Waals surface area contributed by atoms with E-state index in [-0.39, 0.29) is 0 Å². The summed E-state index contributed by atoms with van der Waals surface area (Å²) >= 11 is 5.49. The highest BCUT2D eigenvalue weighted by molar-refractivity contribution is 9.10. The lowest BCUT2D eigenvalue weighted by molar-refractivity contribution is 0.185. The molecule has 1 aromatic carbocycles. The van der Waals surface area contributed by atoms with Crippen molar-refractivity contribution in [1.82, 2.24) is 5.32 Å². The topological polar surface area (TPSA) is 12.0 Å². The quantitative estimate of drug-likeness (QED) is 0.655. The summed E-state index contributed by atoms with van der Waals surface area (Å²) < 4.78 is 1.16. The minimum atomic E-state index is 0.647. The van der Waals surface area contributed by atoms with E-state index in [0.717, 1.165) is 28.8 Å². The van der Waals surface area contributed by atoms with Crippen molar-refractivity contribution in [3.8, 4) is 0 Å². The molecule has 1 N–H and O–H groups in total. The molecule has 1 aliphatic carbocycles. The Morgan fingerprint density at radius 2 is 1.76 bits per heavy atom. The van der Waals surface area contributed by atoms with Gasteiger partial charge in [-0.3, -0.25) is 0 Å². The van der Waals surface area contributed by atoms with Gasteiger partial charge in [-0.2, -0.15) is 0 Å². The molecule has 1 fully saturated rings. The zero-order valence-corrected chi connectivity index (χ0v) is 15.8. The van der Waals surface area contributed by atoms with Gasteiger partial charge in [-0.25, -0.2) is 0 Å². The number of rotatable bonds is 6. The first-order chi connectivity index (χ1) is 10.1. The summed E-state index contributed by atoms with van der Waals surface area (Å²) in [5, 5.41) is 3.74. The predicted octanol–water partition coefficient (Wildman–Crippen LogP) is 5.59. The Balaban J connectivity index is 1.93. The SMILES string of the molecule is CCNC(CSc1ccc(Br)cc1)C1CC(C)CC(C)C1. The first kappa shape index (κ1) is 17.4. The number of hydrogen-bond donors (Lipinski definition) is 1. The molecule has 0 bridgehead atoms. The minimum absolute atomic E-state index is 0.647. The van der Waals surface area contributed by atoms with Gasteiger partial charge in [0.2, 0.25) is 0 Å². The van der Waals surface area contributed by atoms with Gasteiger partial charge in [0, 0.05) is 21.2 Å². The molecule has 2 rings (SSSR count). The summed E-state index contributed by atoms with van der Waals surface area (Å²) in [6.45, 7) is 8.15. The summed E-state index contributed by atoms with van der Waals surface area (Å²) in [5.41, 5.74) is 0. The lowest BCUT2D eigenvalue weighted by atomic mass is 9.74. The van der Waals surface area contributed by atoms with Gasteiger partial charge >= 0.3 is 0 Å². The maximum Gasteiger partial charge on any atom is 0.0190 e. The number of benzene rings is 1. The van der Waals surface area contributed by atoms with Crippen LogP contribution in [0.25, 0.3) is 0 Å². The van der Waals surface area contributed by atoms with Gasteiger partial charge in [0.15, 0.2) is 0 Å². The smallest absolute Gasteiger partial charge is 0.0190 e. The highest BCUT2D eigenvalue weighted by Gasteiger charge is 2.29. The van der Waals surface area contributed by atoms with Gasteiger partial charge in [0.25, 0.3) is 0 Å². The molecule has 0 aliphatic heterocycles. The molecule has 0 saturated heterocycles. The van der Waals surface area contributed by atoms with Gasteiger partial charge in [-0.1, -0.05) is 36.7 Å². The average molecular weight is 370 g/mol. The molecule has 1 aromatic rings. The van der Waals surface area contributed by atoms with E-state index in [9.17, 15) is 0 Å². The van der Waals surface area contributed by atoms with Crippen LogP contribution in [0.5, 0.6) is 0 Å². The highest BCUT2D eigenvalue weighted by Crippen LogP contribution is 2.36. The third-order valence-corrected chi connectivity index (χ3v) is 6.15. The molecule has 0 heterocycles. The van der Waals surface area contributed by atoms with Crippen LogP contribution in [0.15, 0.2) is 33.6 Å². The molecule has 21 heavy (non-hydrogen) atoms. The normalized spacial score (nSPS) is 27.5. The number of hydrogen-bond acceptors (Lipinski definition) is 2. The van der Waals surface area contributed by atoms with Crippen LogP contribution in [0.2, 0.25) is 0 Å². The summed E-state index contributed by atoms with van der Waals surface area (Å²) in [7, 11) is 0. The van der Waals surface area contributed by atoms with Gasteiger partial charge in [0.05, 0.1) is 0 Å². The Hall–Kier alpha value is 0.01000. The van der Waals surface area contributed by atoms with Crippen molar-refractivity contribution >= 4 is 27.7 Å². The Morgan fingerprint density at radius 1 is 1.14 bits per heavy atom. The Kier molecular flexibility index (Phi) is 7.11. The predicted molar refractivity (Wildman–Crippen MR) is 98.0 cm³/mol. The monoisotopic (exact) mass is 369 g/mol. The van der Waals surface area contributed by atoms with E-state index >= 15 is 0 Å². The molecule has 1 aliphatic rings. The number of nitrogens with one attached hydrogen (secondary N) is 1. The molecule has 3 atom stereocenters. The van der Waals surface area contributed by atoms with Crippen LogP contribution in [0, 0.1) is 17.8 Å². The second kappa shape index (κ2) is 8.59. The summed E-state index contributed by atoms with van der Waals surface area (Å²) in [6.07, 6.45) is 4.20. The zero-order chi connectivity index (χ0) is 15.2.